The number of carboxylic acids is 1. The minimum Gasteiger partial charge on any atom is -0.493 e. The normalized spacial score (nSPS) is 10.9. The van der Waals surface area contributed by atoms with Crippen molar-refractivity contribution < 1.29 is 19.4 Å². The minimum atomic E-state index is -0.871. The lowest BCUT2D eigenvalue weighted by atomic mass is 9.95. The average molecular weight is 579 g/mol. The van der Waals surface area contributed by atoms with E-state index in [1.807, 2.05) is 25.1 Å². The highest BCUT2D eigenvalue weighted by molar-refractivity contribution is 6.06. The van der Waals surface area contributed by atoms with Crippen LogP contribution in [0, 0.1) is 6.92 Å². The predicted molar refractivity (Wildman–Crippen MR) is 174 cm³/mol. The van der Waals surface area contributed by atoms with Crippen molar-refractivity contribution in [1.82, 2.24) is 0 Å². The van der Waals surface area contributed by atoms with E-state index < -0.39 is 5.97 Å². The molecule has 43 heavy (non-hydrogen) atoms. The third-order valence-electron chi connectivity index (χ3n) is 7.41. The number of carbonyl (C=O) groups is 2. The third kappa shape index (κ3) is 8.95. The Hall–Kier alpha value is -4.58. The number of benzene rings is 4. The van der Waals surface area contributed by atoms with Gasteiger partial charge in [-0.2, -0.15) is 0 Å². The molecule has 0 spiro atoms. The summed E-state index contributed by atoms with van der Waals surface area (Å²) < 4.78 is 5.73. The molecular weight excluding hydrogens is 536 g/mol. The Balaban J connectivity index is 1.51. The lowest BCUT2D eigenvalue weighted by Gasteiger charge is -2.23. The Bertz CT molecular complexity index is 1450. The molecule has 0 saturated heterocycles. The zero-order valence-corrected chi connectivity index (χ0v) is 25.4. The number of rotatable bonds is 15. The summed E-state index contributed by atoms with van der Waals surface area (Å²) in [6, 6.07) is 30.6. The smallest absolute Gasteiger partial charge is 0.303 e. The maximum Gasteiger partial charge on any atom is 0.303 e. The van der Waals surface area contributed by atoms with Gasteiger partial charge >= 0.3 is 5.97 Å². The molecule has 0 saturated carbocycles. The second-order valence-corrected chi connectivity index (χ2v) is 10.9. The van der Waals surface area contributed by atoms with Gasteiger partial charge in [-0.15, -0.1) is 0 Å². The standard InChI is InChI=1S/C37H42N2O4/c1-4-9-27-14-18-29(19-15-27)36(30-20-16-28(10-5-2)17-21-30)38-31-22-23-33(26(3)25-31)39-37(42)32-11-6-7-12-34(32)43-24-8-13-35(40)41/h6-7,11-12,14-23,25,36,38H,4-5,8-10,13,24H2,1-3H3,(H,39,42)(H,40,41). The van der Waals surface area contributed by atoms with Gasteiger partial charge in [0.25, 0.3) is 5.91 Å². The first-order valence-corrected chi connectivity index (χ1v) is 15.2. The molecule has 0 aliphatic heterocycles. The van der Waals surface area contributed by atoms with Crippen molar-refractivity contribution in [3.63, 3.8) is 0 Å². The van der Waals surface area contributed by atoms with Crippen LogP contribution < -0.4 is 15.4 Å². The summed E-state index contributed by atoms with van der Waals surface area (Å²) in [5.74, 6) is -0.724. The molecule has 6 heteroatoms. The molecule has 4 aromatic rings. The first kappa shape index (κ1) is 31.4. The number of hydrogen-bond donors (Lipinski definition) is 3. The number of nitrogens with one attached hydrogen (secondary N) is 2. The fourth-order valence-corrected chi connectivity index (χ4v) is 5.13. The van der Waals surface area contributed by atoms with Crippen molar-refractivity contribution in [1.29, 1.82) is 0 Å². The molecule has 6 nitrogen and oxygen atoms in total. The molecule has 0 fully saturated rings. The molecule has 3 N–H and O–H groups in total. The second-order valence-electron chi connectivity index (χ2n) is 10.9. The molecule has 0 unspecified atom stereocenters. The molecule has 0 aliphatic rings. The number of amides is 1. The van der Waals surface area contributed by atoms with Gasteiger partial charge in [0.1, 0.15) is 5.75 Å². The summed E-state index contributed by atoms with van der Waals surface area (Å²) in [7, 11) is 0. The van der Waals surface area contributed by atoms with Gasteiger partial charge in [0.05, 0.1) is 18.2 Å². The predicted octanol–water partition coefficient (Wildman–Crippen LogP) is 8.60. The van der Waals surface area contributed by atoms with Gasteiger partial charge in [0.15, 0.2) is 0 Å². The summed E-state index contributed by atoms with van der Waals surface area (Å²) >= 11 is 0. The van der Waals surface area contributed by atoms with Gasteiger partial charge in [0.2, 0.25) is 0 Å². The van der Waals surface area contributed by atoms with E-state index in [1.54, 1.807) is 24.3 Å². The topological polar surface area (TPSA) is 87.7 Å². The Labute approximate surface area is 255 Å². The minimum absolute atomic E-state index is 0.0170. The lowest BCUT2D eigenvalue weighted by molar-refractivity contribution is -0.137. The van der Waals surface area contributed by atoms with Gasteiger partial charge < -0.3 is 20.5 Å². The third-order valence-corrected chi connectivity index (χ3v) is 7.41. The largest absolute Gasteiger partial charge is 0.493 e. The van der Waals surface area contributed by atoms with Crippen LogP contribution in [0.5, 0.6) is 5.75 Å². The molecule has 0 aliphatic carbocycles. The molecule has 1 amide bonds. The second kappa shape index (κ2) is 15.6. The molecule has 0 aromatic heterocycles. The van der Waals surface area contributed by atoms with E-state index in [4.69, 9.17) is 9.84 Å². The molecular formula is C37H42N2O4. The summed E-state index contributed by atoms with van der Waals surface area (Å²) in [5.41, 5.74) is 8.05. The summed E-state index contributed by atoms with van der Waals surface area (Å²) in [6.07, 6.45) is 4.76. The zero-order valence-electron chi connectivity index (χ0n) is 25.4. The quantitative estimate of drug-likeness (QED) is 0.123. The Morgan fingerprint density at radius 2 is 1.42 bits per heavy atom. The monoisotopic (exact) mass is 578 g/mol. The number of ether oxygens (including phenoxy) is 1. The van der Waals surface area contributed by atoms with E-state index >= 15 is 0 Å². The molecule has 0 bridgehead atoms. The first-order chi connectivity index (χ1) is 20.9. The van der Waals surface area contributed by atoms with Crippen LogP contribution in [0.25, 0.3) is 0 Å². The van der Waals surface area contributed by atoms with Gasteiger partial charge in [0, 0.05) is 17.8 Å². The van der Waals surface area contributed by atoms with Gasteiger partial charge in [-0.3, -0.25) is 9.59 Å². The number of aryl methyl sites for hydroxylation is 3. The van der Waals surface area contributed by atoms with Crippen LogP contribution in [0.2, 0.25) is 0 Å². The van der Waals surface area contributed by atoms with E-state index in [2.05, 4.69) is 73.0 Å². The number of para-hydroxylation sites is 1. The van der Waals surface area contributed by atoms with Crippen molar-refractivity contribution in [3.8, 4) is 5.75 Å². The number of aliphatic carboxylic acids is 1. The Kier molecular flexibility index (Phi) is 11.4. The van der Waals surface area contributed by atoms with Gasteiger partial charge in [-0.05, 0) is 84.3 Å². The van der Waals surface area contributed by atoms with E-state index in [-0.39, 0.29) is 25.0 Å². The fourth-order valence-electron chi connectivity index (χ4n) is 5.13. The maximum atomic E-state index is 13.2. The van der Waals surface area contributed by atoms with Crippen LogP contribution in [-0.4, -0.2) is 23.6 Å². The number of carbonyl (C=O) groups excluding carboxylic acids is 1. The average Bonchev–Trinajstić information content (AvgIpc) is 3.01. The van der Waals surface area contributed by atoms with Crippen LogP contribution in [0.1, 0.15) is 83.7 Å². The van der Waals surface area contributed by atoms with E-state index in [0.717, 1.165) is 36.9 Å². The van der Waals surface area contributed by atoms with Crippen molar-refractivity contribution in [2.45, 2.75) is 65.3 Å². The van der Waals surface area contributed by atoms with Crippen molar-refractivity contribution >= 4 is 23.3 Å². The zero-order chi connectivity index (χ0) is 30.6. The highest BCUT2D eigenvalue weighted by Gasteiger charge is 2.17. The van der Waals surface area contributed by atoms with Gasteiger partial charge in [-0.25, -0.2) is 0 Å². The van der Waals surface area contributed by atoms with E-state index in [1.165, 1.54) is 22.3 Å². The molecule has 224 valence electrons. The summed E-state index contributed by atoms with van der Waals surface area (Å²) in [6.45, 7) is 6.59. The Morgan fingerprint density at radius 1 is 0.814 bits per heavy atom. The highest BCUT2D eigenvalue weighted by Crippen LogP contribution is 2.30. The van der Waals surface area contributed by atoms with Crippen LogP contribution in [-0.2, 0) is 17.6 Å². The number of carboxylic acid groups (broad SMARTS) is 1. The van der Waals surface area contributed by atoms with Crippen LogP contribution in [0.3, 0.4) is 0 Å². The first-order valence-electron chi connectivity index (χ1n) is 15.2. The van der Waals surface area contributed by atoms with Crippen LogP contribution >= 0.6 is 0 Å². The lowest BCUT2D eigenvalue weighted by Crippen LogP contribution is -2.15. The molecule has 0 heterocycles. The van der Waals surface area contributed by atoms with Crippen molar-refractivity contribution in [2.75, 3.05) is 17.2 Å². The highest BCUT2D eigenvalue weighted by atomic mass is 16.5. The van der Waals surface area contributed by atoms with Gasteiger partial charge in [-0.1, -0.05) is 87.4 Å². The van der Waals surface area contributed by atoms with Crippen molar-refractivity contribution in [3.05, 3.63) is 124 Å². The van der Waals surface area contributed by atoms with Crippen LogP contribution in [0.4, 0.5) is 11.4 Å². The van der Waals surface area contributed by atoms with E-state index in [9.17, 15) is 9.59 Å². The molecule has 0 radical (unpaired) electrons. The van der Waals surface area contributed by atoms with E-state index in [0.29, 0.717) is 23.4 Å². The SMILES string of the molecule is CCCc1ccc(C(Nc2ccc(NC(=O)c3ccccc3OCCCC(=O)O)c(C)c2)c2ccc(CCC)cc2)cc1. The summed E-state index contributed by atoms with van der Waals surface area (Å²) in [4.78, 5) is 24.0. The Morgan fingerprint density at radius 3 is 1.98 bits per heavy atom. The molecule has 4 aromatic carbocycles. The van der Waals surface area contributed by atoms with Crippen LogP contribution in [0.15, 0.2) is 91.0 Å². The number of hydrogen-bond acceptors (Lipinski definition) is 4. The van der Waals surface area contributed by atoms with Crippen molar-refractivity contribution in [2.24, 2.45) is 0 Å². The number of anilines is 2. The maximum absolute atomic E-state index is 13.2. The fraction of sp³-hybridized carbons (Fsp3) is 0.297. The molecule has 0 atom stereocenters. The summed E-state index contributed by atoms with van der Waals surface area (Å²) in [5, 5.41) is 15.6. The molecule has 4 rings (SSSR count).